The predicted octanol–water partition coefficient (Wildman–Crippen LogP) is 0.347. The Morgan fingerprint density at radius 1 is 1.57 bits per heavy atom. The zero-order valence-corrected chi connectivity index (χ0v) is 8.90. The minimum absolute atomic E-state index is 0.168. The number of piperidine rings is 1. The van der Waals surface area contributed by atoms with E-state index in [1.54, 1.807) is 11.8 Å². The molecule has 2 aliphatic rings. The standard InChI is InChI=1S/C9H15N3OS/c13-8-3-2-7(6-11-8)12-9-10-4-1-5-14-9/h7H,1-6H2,(H,10,12)(H,11,13). The highest BCUT2D eigenvalue weighted by molar-refractivity contribution is 8.13. The Kier molecular flexibility index (Phi) is 3.29. The first kappa shape index (κ1) is 9.83. The van der Waals surface area contributed by atoms with E-state index >= 15 is 0 Å². The lowest BCUT2D eigenvalue weighted by Crippen LogP contribution is -2.47. The average molecular weight is 213 g/mol. The van der Waals surface area contributed by atoms with E-state index in [1.165, 1.54) is 6.42 Å². The van der Waals surface area contributed by atoms with E-state index in [-0.39, 0.29) is 5.91 Å². The van der Waals surface area contributed by atoms with E-state index in [1.807, 2.05) is 0 Å². The Bertz CT molecular complexity index is 244. The molecule has 1 unspecified atom stereocenters. The second kappa shape index (κ2) is 4.68. The summed E-state index contributed by atoms with van der Waals surface area (Å²) in [5.41, 5.74) is 0. The number of nitrogens with zero attached hydrogens (tertiary/aromatic N) is 1. The van der Waals surface area contributed by atoms with Crippen LogP contribution in [0.1, 0.15) is 19.3 Å². The van der Waals surface area contributed by atoms with Crippen LogP contribution in [-0.2, 0) is 4.79 Å². The monoisotopic (exact) mass is 213 g/mol. The van der Waals surface area contributed by atoms with E-state index < -0.39 is 0 Å². The van der Waals surface area contributed by atoms with Gasteiger partial charge >= 0.3 is 0 Å². The molecule has 0 aliphatic carbocycles. The summed E-state index contributed by atoms with van der Waals surface area (Å²) in [4.78, 5) is 15.3. The lowest BCUT2D eigenvalue weighted by Gasteiger charge is -2.25. The maximum absolute atomic E-state index is 10.9. The highest BCUT2D eigenvalue weighted by Gasteiger charge is 2.19. The first-order valence-corrected chi connectivity index (χ1v) is 6.03. The zero-order valence-electron chi connectivity index (χ0n) is 8.08. The van der Waals surface area contributed by atoms with Crippen molar-refractivity contribution in [2.75, 3.05) is 18.8 Å². The van der Waals surface area contributed by atoms with Crippen molar-refractivity contribution in [3.63, 3.8) is 0 Å². The largest absolute Gasteiger partial charge is 0.360 e. The number of carbonyl (C=O) groups excluding carboxylic acids is 1. The van der Waals surface area contributed by atoms with Crippen LogP contribution in [0.4, 0.5) is 0 Å². The molecule has 2 rings (SSSR count). The quantitative estimate of drug-likeness (QED) is 0.661. The second-order valence-corrected chi connectivity index (χ2v) is 4.66. The minimum atomic E-state index is 0.168. The highest BCUT2D eigenvalue weighted by Crippen LogP contribution is 2.12. The number of aliphatic imine (C=N–C) groups is 1. The topological polar surface area (TPSA) is 53.5 Å². The van der Waals surface area contributed by atoms with Gasteiger partial charge in [0, 0.05) is 31.3 Å². The molecule has 0 saturated carbocycles. The fourth-order valence-corrected chi connectivity index (χ4v) is 2.48. The fourth-order valence-electron chi connectivity index (χ4n) is 1.58. The lowest BCUT2D eigenvalue weighted by molar-refractivity contribution is -0.122. The summed E-state index contributed by atoms with van der Waals surface area (Å²) in [6.45, 7) is 1.67. The summed E-state index contributed by atoms with van der Waals surface area (Å²) in [5.74, 6) is 1.33. The molecule has 5 heteroatoms. The zero-order chi connectivity index (χ0) is 9.80. The Morgan fingerprint density at radius 3 is 3.14 bits per heavy atom. The summed E-state index contributed by atoms with van der Waals surface area (Å²) >= 11 is 1.78. The Morgan fingerprint density at radius 2 is 2.50 bits per heavy atom. The van der Waals surface area contributed by atoms with Crippen molar-refractivity contribution in [1.29, 1.82) is 0 Å². The number of amides is 1. The molecule has 1 amide bonds. The number of nitrogens with one attached hydrogen (secondary N) is 2. The molecule has 1 saturated heterocycles. The van der Waals surface area contributed by atoms with Gasteiger partial charge < -0.3 is 10.6 Å². The Labute approximate surface area is 87.9 Å². The van der Waals surface area contributed by atoms with Gasteiger partial charge in [-0.05, 0) is 12.8 Å². The van der Waals surface area contributed by atoms with Crippen LogP contribution in [0.15, 0.2) is 4.99 Å². The third-order valence-electron chi connectivity index (χ3n) is 2.39. The van der Waals surface area contributed by atoms with Gasteiger partial charge in [0.25, 0.3) is 0 Å². The van der Waals surface area contributed by atoms with Gasteiger partial charge in [-0.25, -0.2) is 0 Å². The summed E-state index contributed by atoms with van der Waals surface area (Å²) in [6, 6.07) is 0.372. The molecule has 78 valence electrons. The average Bonchev–Trinajstić information content (AvgIpc) is 2.23. The highest BCUT2D eigenvalue weighted by atomic mass is 32.2. The van der Waals surface area contributed by atoms with E-state index in [0.717, 1.165) is 30.4 Å². The molecule has 1 atom stereocenters. The maximum atomic E-state index is 10.9. The summed E-state index contributed by atoms with van der Waals surface area (Å²) < 4.78 is 0. The van der Waals surface area contributed by atoms with Crippen molar-refractivity contribution in [3.8, 4) is 0 Å². The van der Waals surface area contributed by atoms with Crippen LogP contribution in [0, 0.1) is 0 Å². The molecule has 2 heterocycles. The molecule has 0 spiro atoms. The first-order valence-electron chi connectivity index (χ1n) is 5.05. The molecule has 2 aliphatic heterocycles. The van der Waals surface area contributed by atoms with Gasteiger partial charge in [-0.3, -0.25) is 9.79 Å². The van der Waals surface area contributed by atoms with Crippen LogP contribution in [0.3, 0.4) is 0 Å². The summed E-state index contributed by atoms with van der Waals surface area (Å²) in [6.07, 6.45) is 2.73. The molecule has 14 heavy (non-hydrogen) atoms. The molecule has 1 fully saturated rings. The van der Waals surface area contributed by atoms with Crippen molar-refractivity contribution in [3.05, 3.63) is 0 Å². The SMILES string of the molecule is O=C1CCC(NC2=NCCCS2)CN1. The number of thioether (sulfide) groups is 1. The molecule has 4 nitrogen and oxygen atoms in total. The van der Waals surface area contributed by atoms with E-state index in [4.69, 9.17) is 0 Å². The third-order valence-corrected chi connectivity index (χ3v) is 3.40. The smallest absolute Gasteiger partial charge is 0.220 e. The number of rotatable bonds is 1. The number of hydrogen-bond donors (Lipinski definition) is 2. The fraction of sp³-hybridized carbons (Fsp3) is 0.778. The van der Waals surface area contributed by atoms with Crippen molar-refractivity contribution in [2.24, 2.45) is 4.99 Å². The van der Waals surface area contributed by atoms with Gasteiger partial charge in [-0.2, -0.15) is 0 Å². The van der Waals surface area contributed by atoms with Gasteiger partial charge in [0.15, 0.2) is 5.17 Å². The minimum Gasteiger partial charge on any atom is -0.360 e. The molecule has 2 N–H and O–H groups in total. The van der Waals surface area contributed by atoms with Crippen LogP contribution in [0.2, 0.25) is 0 Å². The van der Waals surface area contributed by atoms with Crippen molar-refractivity contribution in [2.45, 2.75) is 25.3 Å². The molecule has 0 aromatic rings. The molecule has 0 radical (unpaired) electrons. The van der Waals surface area contributed by atoms with Gasteiger partial charge in [0.1, 0.15) is 0 Å². The predicted molar refractivity (Wildman–Crippen MR) is 58.5 cm³/mol. The summed E-state index contributed by atoms with van der Waals surface area (Å²) in [7, 11) is 0. The number of carbonyl (C=O) groups is 1. The van der Waals surface area contributed by atoms with Gasteiger partial charge in [0.05, 0.1) is 0 Å². The molecule has 0 bridgehead atoms. The number of hydrogen-bond acceptors (Lipinski definition) is 4. The van der Waals surface area contributed by atoms with Crippen molar-refractivity contribution in [1.82, 2.24) is 10.6 Å². The lowest BCUT2D eigenvalue weighted by atomic mass is 10.1. The van der Waals surface area contributed by atoms with Crippen LogP contribution in [0.25, 0.3) is 0 Å². The molecule has 0 aromatic heterocycles. The maximum Gasteiger partial charge on any atom is 0.220 e. The van der Waals surface area contributed by atoms with Crippen LogP contribution in [-0.4, -0.2) is 36.0 Å². The van der Waals surface area contributed by atoms with Gasteiger partial charge in [-0.1, -0.05) is 11.8 Å². The Hall–Kier alpha value is -0.710. The molecular formula is C9H15N3OS. The van der Waals surface area contributed by atoms with Crippen LogP contribution < -0.4 is 10.6 Å². The van der Waals surface area contributed by atoms with Gasteiger partial charge in [0.2, 0.25) is 5.91 Å². The first-order chi connectivity index (χ1) is 6.84. The summed E-state index contributed by atoms with van der Waals surface area (Å²) in [5, 5.41) is 7.29. The van der Waals surface area contributed by atoms with Gasteiger partial charge in [-0.15, -0.1) is 0 Å². The van der Waals surface area contributed by atoms with Crippen molar-refractivity contribution < 1.29 is 4.79 Å². The second-order valence-electron chi connectivity index (χ2n) is 3.57. The van der Waals surface area contributed by atoms with Crippen LogP contribution in [0.5, 0.6) is 0 Å². The molecular weight excluding hydrogens is 198 g/mol. The number of amidine groups is 1. The van der Waals surface area contributed by atoms with E-state index in [0.29, 0.717) is 12.5 Å². The van der Waals surface area contributed by atoms with Crippen molar-refractivity contribution >= 4 is 22.8 Å². The van der Waals surface area contributed by atoms with E-state index in [2.05, 4.69) is 15.6 Å². The third kappa shape index (κ3) is 2.64. The normalized spacial score (nSPS) is 27.9. The molecule has 0 aromatic carbocycles. The van der Waals surface area contributed by atoms with Crippen LogP contribution >= 0.6 is 11.8 Å². The Balaban J connectivity index is 1.79. The van der Waals surface area contributed by atoms with E-state index in [9.17, 15) is 4.79 Å².